The van der Waals surface area contributed by atoms with E-state index in [4.69, 9.17) is 9.15 Å². The van der Waals surface area contributed by atoms with E-state index in [1.54, 1.807) is 47.6 Å². The molecule has 1 aliphatic heterocycles. The Hall–Kier alpha value is -3.39. The Morgan fingerprint density at radius 3 is 2.67 bits per heavy atom. The number of carboxylic acid groups (broad SMARTS) is 1. The van der Waals surface area contributed by atoms with Crippen LogP contribution in [0.1, 0.15) is 32.8 Å². The fourth-order valence-corrected chi connectivity index (χ4v) is 3.05. The smallest absolute Gasteiger partial charge is 0.356 e. The van der Waals surface area contributed by atoms with Crippen LogP contribution in [-0.4, -0.2) is 51.4 Å². The van der Waals surface area contributed by atoms with Gasteiger partial charge in [-0.3, -0.25) is 4.79 Å². The molecule has 3 heterocycles. The van der Waals surface area contributed by atoms with Gasteiger partial charge in [0.05, 0.1) is 25.1 Å². The van der Waals surface area contributed by atoms with E-state index >= 15 is 0 Å². The SMILES string of the molecule is O=C(O)c1cc(C(=O)N2CCOC(c3ccco3)C2)n(-c2ccccc2)n1. The Bertz CT molecular complexity index is 949. The Labute approximate surface area is 154 Å². The number of ether oxygens (including phenoxy) is 1. The van der Waals surface area contributed by atoms with Crippen molar-refractivity contribution in [2.75, 3.05) is 19.7 Å². The van der Waals surface area contributed by atoms with Crippen LogP contribution in [0.5, 0.6) is 0 Å². The molecule has 2 aromatic heterocycles. The summed E-state index contributed by atoms with van der Waals surface area (Å²) < 4.78 is 12.4. The van der Waals surface area contributed by atoms with Gasteiger partial charge in [0, 0.05) is 12.6 Å². The van der Waals surface area contributed by atoms with E-state index < -0.39 is 5.97 Å². The summed E-state index contributed by atoms with van der Waals surface area (Å²) in [6.45, 7) is 1.08. The summed E-state index contributed by atoms with van der Waals surface area (Å²) in [6, 6.07) is 13.8. The van der Waals surface area contributed by atoms with Gasteiger partial charge in [0.2, 0.25) is 0 Å². The molecule has 0 bridgehead atoms. The molecule has 138 valence electrons. The van der Waals surface area contributed by atoms with E-state index in [9.17, 15) is 14.7 Å². The zero-order valence-electron chi connectivity index (χ0n) is 14.3. The number of carboxylic acids is 1. The molecule has 1 aromatic carbocycles. The maximum atomic E-state index is 13.1. The first-order chi connectivity index (χ1) is 13.1. The van der Waals surface area contributed by atoms with E-state index in [0.717, 1.165) is 0 Å². The predicted molar refractivity (Wildman–Crippen MR) is 93.8 cm³/mol. The topological polar surface area (TPSA) is 97.8 Å². The lowest BCUT2D eigenvalue weighted by atomic mass is 10.2. The van der Waals surface area contributed by atoms with E-state index in [-0.39, 0.29) is 23.4 Å². The van der Waals surface area contributed by atoms with Crippen LogP contribution in [0.25, 0.3) is 5.69 Å². The number of carbonyl (C=O) groups is 2. The van der Waals surface area contributed by atoms with Gasteiger partial charge >= 0.3 is 5.97 Å². The molecule has 1 fully saturated rings. The second-order valence-corrected chi connectivity index (χ2v) is 6.09. The molecule has 0 saturated carbocycles. The first kappa shape index (κ1) is 17.0. The number of hydrogen-bond donors (Lipinski definition) is 1. The average molecular weight is 367 g/mol. The number of benzene rings is 1. The highest BCUT2D eigenvalue weighted by atomic mass is 16.5. The minimum absolute atomic E-state index is 0.182. The van der Waals surface area contributed by atoms with E-state index in [1.807, 2.05) is 6.07 Å². The normalized spacial score (nSPS) is 17.0. The van der Waals surface area contributed by atoms with Gasteiger partial charge in [0.15, 0.2) is 5.69 Å². The molecule has 1 saturated heterocycles. The van der Waals surface area contributed by atoms with Gasteiger partial charge in [-0.25, -0.2) is 9.48 Å². The Balaban J connectivity index is 1.66. The lowest BCUT2D eigenvalue weighted by Gasteiger charge is -2.32. The fourth-order valence-electron chi connectivity index (χ4n) is 3.05. The highest BCUT2D eigenvalue weighted by molar-refractivity contribution is 5.96. The summed E-state index contributed by atoms with van der Waals surface area (Å²) in [5.41, 5.74) is 0.626. The maximum Gasteiger partial charge on any atom is 0.356 e. The van der Waals surface area contributed by atoms with Gasteiger partial charge in [-0.1, -0.05) is 18.2 Å². The minimum Gasteiger partial charge on any atom is -0.476 e. The van der Waals surface area contributed by atoms with Crippen LogP contribution in [0.3, 0.4) is 0 Å². The highest BCUT2D eigenvalue weighted by Gasteiger charge is 2.30. The molecule has 27 heavy (non-hydrogen) atoms. The molecular weight excluding hydrogens is 350 g/mol. The third kappa shape index (κ3) is 3.34. The summed E-state index contributed by atoms with van der Waals surface area (Å²) in [5.74, 6) is -0.844. The van der Waals surface area contributed by atoms with Crippen LogP contribution in [0.15, 0.2) is 59.2 Å². The number of aromatic nitrogens is 2. The number of rotatable bonds is 4. The number of morpholine rings is 1. The van der Waals surface area contributed by atoms with Crippen molar-refractivity contribution in [3.8, 4) is 5.69 Å². The van der Waals surface area contributed by atoms with Gasteiger partial charge in [-0.05, 0) is 24.3 Å². The van der Waals surface area contributed by atoms with Crippen molar-refractivity contribution < 1.29 is 23.8 Å². The van der Waals surface area contributed by atoms with Crippen molar-refractivity contribution >= 4 is 11.9 Å². The van der Waals surface area contributed by atoms with Crippen LogP contribution >= 0.6 is 0 Å². The van der Waals surface area contributed by atoms with Crippen LogP contribution in [0, 0.1) is 0 Å². The summed E-state index contributed by atoms with van der Waals surface area (Å²) in [6.07, 6.45) is 1.20. The van der Waals surface area contributed by atoms with Crippen LogP contribution in [0.2, 0.25) is 0 Å². The Kier molecular flexibility index (Phi) is 4.47. The number of hydrogen-bond acceptors (Lipinski definition) is 5. The molecule has 1 amide bonds. The molecule has 8 nitrogen and oxygen atoms in total. The number of furan rings is 1. The van der Waals surface area contributed by atoms with Crippen molar-refractivity contribution in [3.05, 3.63) is 71.9 Å². The number of carbonyl (C=O) groups excluding carboxylic acids is 1. The van der Waals surface area contributed by atoms with Crippen molar-refractivity contribution in [3.63, 3.8) is 0 Å². The zero-order chi connectivity index (χ0) is 18.8. The van der Waals surface area contributed by atoms with Crippen molar-refractivity contribution in [1.29, 1.82) is 0 Å². The molecule has 1 aliphatic rings. The molecule has 0 aliphatic carbocycles. The van der Waals surface area contributed by atoms with Gasteiger partial charge in [0.25, 0.3) is 5.91 Å². The summed E-state index contributed by atoms with van der Waals surface area (Å²) >= 11 is 0. The van der Waals surface area contributed by atoms with E-state index in [1.165, 1.54) is 10.7 Å². The molecular formula is C19H17N3O5. The summed E-state index contributed by atoms with van der Waals surface area (Å²) in [4.78, 5) is 26.1. The van der Waals surface area contributed by atoms with Gasteiger partial charge < -0.3 is 19.2 Å². The minimum atomic E-state index is -1.19. The quantitative estimate of drug-likeness (QED) is 0.760. The van der Waals surface area contributed by atoms with Crippen molar-refractivity contribution in [2.45, 2.75) is 6.10 Å². The third-order valence-corrected chi connectivity index (χ3v) is 4.36. The first-order valence-electron chi connectivity index (χ1n) is 8.46. The lowest BCUT2D eigenvalue weighted by molar-refractivity contribution is -0.0323. The summed E-state index contributed by atoms with van der Waals surface area (Å²) in [7, 11) is 0. The second-order valence-electron chi connectivity index (χ2n) is 6.09. The Morgan fingerprint density at radius 2 is 1.96 bits per heavy atom. The standard InChI is InChI=1S/C19H17N3O5/c23-18(21-8-10-27-17(12-21)16-7-4-9-26-16)15-11-14(19(24)25)20-22(15)13-5-2-1-3-6-13/h1-7,9,11,17H,8,10,12H2,(H,24,25). The predicted octanol–water partition coefficient (Wildman–Crippen LogP) is 2.38. The molecule has 1 N–H and O–H groups in total. The van der Waals surface area contributed by atoms with E-state index in [2.05, 4.69) is 5.10 Å². The fraction of sp³-hybridized carbons (Fsp3) is 0.211. The maximum absolute atomic E-state index is 13.1. The van der Waals surface area contributed by atoms with Crippen LogP contribution in [-0.2, 0) is 4.74 Å². The molecule has 3 aromatic rings. The van der Waals surface area contributed by atoms with Gasteiger partial charge in [0.1, 0.15) is 17.6 Å². The zero-order valence-corrected chi connectivity index (χ0v) is 14.3. The van der Waals surface area contributed by atoms with Gasteiger partial charge in [-0.2, -0.15) is 5.10 Å². The van der Waals surface area contributed by atoms with E-state index in [0.29, 0.717) is 31.1 Å². The largest absolute Gasteiger partial charge is 0.476 e. The van der Waals surface area contributed by atoms with Crippen LogP contribution in [0.4, 0.5) is 0 Å². The molecule has 1 atom stereocenters. The molecule has 0 spiro atoms. The average Bonchev–Trinajstić information content (AvgIpc) is 3.38. The lowest BCUT2D eigenvalue weighted by Crippen LogP contribution is -2.42. The molecule has 8 heteroatoms. The summed E-state index contributed by atoms with van der Waals surface area (Å²) in [5, 5.41) is 13.4. The number of amides is 1. The van der Waals surface area contributed by atoms with Crippen LogP contribution < -0.4 is 0 Å². The molecule has 1 unspecified atom stereocenters. The monoisotopic (exact) mass is 367 g/mol. The number of aromatic carboxylic acids is 1. The van der Waals surface area contributed by atoms with Crippen molar-refractivity contribution in [2.24, 2.45) is 0 Å². The van der Waals surface area contributed by atoms with Crippen molar-refractivity contribution in [1.82, 2.24) is 14.7 Å². The molecule has 4 rings (SSSR count). The second kappa shape index (κ2) is 7.08. The van der Waals surface area contributed by atoms with Gasteiger partial charge in [-0.15, -0.1) is 0 Å². The third-order valence-electron chi connectivity index (χ3n) is 4.36. The number of para-hydroxylation sites is 1. The first-order valence-corrected chi connectivity index (χ1v) is 8.46. The molecule has 0 radical (unpaired) electrons. The number of nitrogens with zero attached hydrogens (tertiary/aromatic N) is 3. The highest BCUT2D eigenvalue weighted by Crippen LogP contribution is 2.24. The Morgan fingerprint density at radius 1 is 1.15 bits per heavy atom.